The lowest BCUT2D eigenvalue weighted by Gasteiger charge is -2.43. The van der Waals surface area contributed by atoms with Crippen molar-refractivity contribution >= 4 is 34.1 Å². The van der Waals surface area contributed by atoms with E-state index in [0.29, 0.717) is 30.9 Å². The summed E-state index contributed by atoms with van der Waals surface area (Å²) in [7, 11) is 1.89. The van der Waals surface area contributed by atoms with Gasteiger partial charge in [0.2, 0.25) is 5.91 Å². The van der Waals surface area contributed by atoms with E-state index in [4.69, 9.17) is 11.6 Å². The maximum Gasteiger partial charge on any atom is 0.229 e. The van der Waals surface area contributed by atoms with E-state index in [0.717, 1.165) is 53.5 Å². The van der Waals surface area contributed by atoms with Crippen LogP contribution in [-0.2, 0) is 11.8 Å². The van der Waals surface area contributed by atoms with Crippen molar-refractivity contribution in [2.45, 2.75) is 56.2 Å². The number of nitrogens with one attached hydrogen (secondary N) is 1. The number of likely N-dealkylation sites (tertiary alicyclic amines) is 1. The SMILES string of the molecule is Cn1cc([C@@H]2C[C@H]2C(=O)Nc2cc3cc(C4CCC(N5CC(F)C5)CC4)c(Cl)cc3cn2)cn1. The predicted molar refractivity (Wildman–Crippen MR) is 131 cm³/mol. The third-order valence-electron chi connectivity index (χ3n) is 7.89. The molecule has 178 valence electrons. The summed E-state index contributed by atoms with van der Waals surface area (Å²) in [5.74, 6) is 1.20. The van der Waals surface area contributed by atoms with Gasteiger partial charge in [-0.1, -0.05) is 11.6 Å². The average Bonchev–Trinajstić information content (AvgIpc) is 3.50. The Bertz CT molecular complexity index is 1230. The molecule has 1 amide bonds. The van der Waals surface area contributed by atoms with Gasteiger partial charge >= 0.3 is 0 Å². The average molecular weight is 482 g/mol. The first-order valence-electron chi connectivity index (χ1n) is 12.2. The highest BCUT2D eigenvalue weighted by Crippen LogP contribution is 2.48. The number of anilines is 1. The first kappa shape index (κ1) is 22.0. The lowest BCUT2D eigenvalue weighted by molar-refractivity contribution is -0.117. The Morgan fingerprint density at radius 3 is 2.62 bits per heavy atom. The van der Waals surface area contributed by atoms with Crippen molar-refractivity contribution < 1.29 is 9.18 Å². The van der Waals surface area contributed by atoms with Gasteiger partial charge in [0.15, 0.2) is 0 Å². The van der Waals surface area contributed by atoms with Crippen molar-refractivity contribution in [3.8, 4) is 0 Å². The van der Waals surface area contributed by atoms with E-state index in [2.05, 4.69) is 26.4 Å². The number of alkyl halides is 1. The molecule has 3 heterocycles. The highest BCUT2D eigenvalue weighted by Gasteiger charge is 2.44. The fraction of sp³-hybridized carbons (Fsp3) is 0.500. The summed E-state index contributed by atoms with van der Waals surface area (Å²) >= 11 is 6.68. The Labute approximate surface area is 203 Å². The molecule has 3 fully saturated rings. The van der Waals surface area contributed by atoms with Gasteiger partial charge in [-0.3, -0.25) is 14.4 Å². The summed E-state index contributed by atoms with van der Waals surface area (Å²) in [6.45, 7) is 1.19. The molecule has 34 heavy (non-hydrogen) atoms. The second-order valence-electron chi connectivity index (χ2n) is 10.2. The van der Waals surface area contributed by atoms with Crippen LogP contribution in [0, 0.1) is 5.92 Å². The molecule has 1 aromatic carbocycles. The lowest BCUT2D eigenvalue weighted by atomic mass is 9.80. The molecular formula is C26H29ClFN5O. The Morgan fingerprint density at radius 1 is 1.12 bits per heavy atom. The molecule has 2 saturated carbocycles. The van der Waals surface area contributed by atoms with Gasteiger partial charge < -0.3 is 5.32 Å². The van der Waals surface area contributed by atoms with Gasteiger partial charge in [0.1, 0.15) is 12.0 Å². The summed E-state index contributed by atoms with van der Waals surface area (Å²) in [5.41, 5.74) is 2.28. The number of pyridine rings is 1. The fourth-order valence-corrected chi connectivity index (χ4v) is 6.10. The third kappa shape index (κ3) is 4.20. The van der Waals surface area contributed by atoms with Crippen LogP contribution in [0.3, 0.4) is 0 Å². The van der Waals surface area contributed by atoms with Crippen LogP contribution in [0.25, 0.3) is 10.8 Å². The molecule has 0 unspecified atom stereocenters. The summed E-state index contributed by atoms with van der Waals surface area (Å²) in [6.07, 6.45) is 10.1. The first-order chi connectivity index (χ1) is 16.4. The maximum absolute atomic E-state index is 13.2. The molecule has 6 rings (SSSR count). The van der Waals surface area contributed by atoms with Crippen LogP contribution < -0.4 is 5.32 Å². The normalized spacial score (nSPS) is 27.5. The Kier molecular flexibility index (Phi) is 5.57. The van der Waals surface area contributed by atoms with Crippen LogP contribution in [0.5, 0.6) is 0 Å². The number of hydrogen-bond acceptors (Lipinski definition) is 4. The monoisotopic (exact) mass is 481 g/mol. The van der Waals surface area contributed by atoms with E-state index in [-0.39, 0.29) is 17.7 Å². The van der Waals surface area contributed by atoms with Gasteiger partial charge in [-0.05, 0) is 78.7 Å². The van der Waals surface area contributed by atoms with Crippen LogP contribution in [-0.4, -0.2) is 50.9 Å². The summed E-state index contributed by atoms with van der Waals surface area (Å²) in [5, 5.41) is 10.00. The smallest absolute Gasteiger partial charge is 0.229 e. The maximum atomic E-state index is 13.2. The van der Waals surface area contributed by atoms with Gasteiger partial charge in [-0.25, -0.2) is 9.37 Å². The second kappa shape index (κ2) is 8.61. The van der Waals surface area contributed by atoms with E-state index < -0.39 is 6.17 Å². The molecule has 1 saturated heterocycles. The van der Waals surface area contributed by atoms with Crippen molar-refractivity contribution in [2.24, 2.45) is 13.0 Å². The number of aromatic nitrogens is 3. The van der Waals surface area contributed by atoms with E-state index in [9.17, 15) is 9.18 Å². The van der Waals surface area contributed by atoms with Crippen molar-refractivity contribution in [1.82, 2.24) is 19.7 Å². The van der Waals surface area contributed by atoms with Gasteiger partial charge in [-0.2, -0.15) is 5.10 Å². The molecule has 1 aliphatic heterocycles. The Balaban J connectivity index is 1.14. The highest BCUT2D eigenvalue weighted by atomic mass is 35.5. The second-order valence-corrected chi connectivity index (χ2v) is 10.6. The van der Waals surface area contributed by atoms with Crippen LogP contribution in [0.1, 0.15) is 55.1 Å². The molecule has 2 aromatic heterocycles. The first-order valence-corrected chi connectivity index (χ1v) is 12.6. The molecule has 2 atom stereocenters. The van der Waals surface area contributed by atoms with E-state index in [1.165, 1.54) is 5.56 Å². The number of rotatable bonds is 5. The Morgan fingerprint density at radius 2 is 1.91 bits per heavy atom. The number of aryl methyl sites for hydroxylation is 1. The summed E-state index contributed by atoms with van der Waals surface area (Å²) in [4.78, 5) is 19.5. The number of nitrogens with zero attached hydrogens (tertiary/aromatic N) is 4. The van der Waals surface area contributed by atoms with Crippen molar-refractivity contribution in [2.75, 3.05) is 18.4 Å². The third-order valence-corrected chi connectivity index (χ3v) is 8.21. The molecule has 3 aromatic rings. The Hall–Kier alpha value is -2.51. The zero-order valence-corrected chi connectivity index (χ0v) is 20.0. The minimum absolute atomic E-state index is 0.00900. The topological polar surface area (TPSA) is 63.1 Å². The molecular weight excluding hydrogens is 453 g/mol. The van der Waals surface area contributed by atoms with Crippen LogP contribution in [0.4, 0.5) is 10.2 Å². The van der Waals surface area contributed by atoms with Crippen LogP contribution >= 0.6 is 11.6 Å². The fourth-order valence-electron chi connectivity index (χ4n) is 5.77. The number of carbonyl (C=O) groups excluding carboxylic acids is 1. The molecule has 2 aliphatic carbocycles. The molecule has 0 spiro atoms. The van der Waals surface area contributed by atoms with Crippen LogP contribution in [0.15, 0.2) is 36.8 Å². The van der Waals surface area contributed by atoms with Gasteiger partial charge in [0.05, 0.1) is 6.20 Å². The highest BCUT2D eigenvalue weighted by molar-refractivity contribution is 6.32. The number of amides is 1. The quantitative estimate of drug-likeness (QED) is 0.554. The van der Waals surface area contributed by atoms with Crippen molar-refractivity contribution in [1.29, 1.82) is 0 Å². The van der Waals surface area contributed by atoms with Gasteiger partial charge in [0.25, 0.3) is 0 Å². The zero-order chi connectivity index (χ0) is 23.4. The largest absolute Gasteiger partial charge is 0.310 e. The number of hydrogen-bond donors (Lipinski definition) is 1. The molecule has 0 bridgehead atoms. The van der Waals surface area contributed by atoms with Gasteiger partial charge in [0, 0.05) is 54.9 Å². The zero-order valence-electron chi connectivity index (χ0n) is 19.3. The van der Waals surface area contributed by atoms with E-state index in [1.807, 2.05) is 31.6 Å². The van der Waals surface area contributed by atoms with Gasteiger partial charge in [-0.15, -0.1) is 0 Å². The standard InChI is InChI=1S/C26H29ClFN5O/c1-32-12-18(11-30-32)21-9-23(21)26(34)31-25-8-16-6-22(24(27)7-17(16)10-29-25)15-2-4-20(5-3-15)33-13-19(28)14-33/h6-8,10-12,15,19-21,23H,2-5,9,13-14H2,1H3,(H,29,31,34)/t15?,20?,21-,23+/m0/s1. The van der Waals surface area contributed by atoms with Crippen molar-refractivity contribution in [3.63, 3.8) is 0 Å². The van der Waals surface area contributed by atoms with E-state index >= 15 is 0 Å². The van der Waals surface area contributed by atoms with Crippen molar-refractivity contribution in [3.05, 3.63) is 52.9 Å². The summed E-state index contributed by atoms with van der Waals surface area (Å²) < 4.78 is 15.0. The lowest BCUT2D eigenvalue weighted by Crippen LogP contribution is -2.54. The summed E-state index contributed by atoms with van der Waals surface area (Å²) in [6, 6.07) is 6.60. The number of benzene rings is 1. The minimum Gasteiger partial charge on any atom is -0.310 e. The minimum atomic E-state index is -0.642. The molecule has 1 N–H and O–H groups in total. The molecule has 8 heteroatoms. The molecule has 3 aliphatic rings. The number of halogens is 2. The number of carbonyl (C=O) groups is 1. The van der Waals surface area contributed by atoms with E-state index in [1.54, 1.807) is 10.9 Å². The number of fused-ring (bicyclic) bond motifs is 1. The predicted octanol–water partition coefficient (Wildman–Crippen LogP) is 5.04. The molecule has 6 nitrogen and oxygen atoms in total. The molecule has 0 radical (unpaired) electrons. The van der Waals surface area contributed by atoms with Crippen LogP contribution in [0.2, 0.25) is 5.02 Å².